The van der Waals surface area contributed by atoms with Gasteiger partial charge < -0.3 is 25.6 Å². The van der Waals surface area contributed by atoms with Gasteiger partial charge in [0.1, 0.15) is 12.4 Å². The number of carbonyl (C=O) groups is 7. The number of anilines is 1. The number of nitrogens with zero attached hydrogens (tertiary/aromatic N) is 2. The summed E-state index contributed by atoms with van der Waals surface area (Å²) in [5.41, 5.74) is 2.28. The molecule has 2 aliphatic carbocycles. The zero-order valence-corrected chi connectivity index (χ0v) is 32.2. The summed E-state index contributed by atoms with van der Waals surface area (Å²) >= 11 is 0. The largest absolute Gasteiger partial charge is 0.427 e. The maximum atomic E-state index is 13.9. The molecule has 300 valence electrons. The molecule has 0 radical (unpaired) electrons. The molecular formula is C43H48FN5O8. The van der Waals surface area contributed by atoms with Gasteiger partial charge in [0.25, 0.3) is 5.91 Å². The minimum Gasteiger partial charge on any atom is -0.427 e. The molecule has 1 saturated heterocycles. The Morgan fingerprint density at radius 3 is 2.25 bits per heavy atom. The molecule has 2 fully saturated rings. The lowest BCUT2D eigenvalue weighted by atomic mass is 9.84. The molecule has 2 atom stereocenters. The summed E-state index contributed by atoms with van der Waals surface area (Å²) < 4.78 is 19.4. The lowest BCUT2D eigenvalue weighted by Crippen LogP contribution is -2.50. The molecule has 57 heavy (non-hydrogen) atoms. The molecule has 3 aliphatic rings. The van der Waals surface area contributed by atoms with Crippen molar-refractivity contribution in [1.29, 1.82) is 0 Å². The third-order valence-corrected chi connectivity index (χ3v) is 11.0. The van der Waals surface area contributed by atoms with E-state index in [4.69, 9.17) is 4.74 Å². The Hall–Kier alpha value is -5.92. The number of halogens is 1. The molecule has 0 aromatic heterocycles. The summed E-state index contributed by atoms with van der Waals surface area (Å²) in [6.45, 7) is 2.67. The second-order valence-electron chi connectivity index (χ2n) is 15.1. The molecule has 6 rings (SSSR count). The van der Waals surface area contributed by atoms with E-state index in [1.165, 1.54) is 42.5 Å². The van der Waals surface area contributed by atoms with Crippen LogP contribution in [0.4, 0.5) is 14.9 Å². The predicted molar refractivity (Wildman–Crippen MR) is 207 cm³/mol. The van der Waals surface area contributed by atoms with Crippen molar-refractivity contribution in [3.8, 4) is 0 Å². The number of hydrogen-bond donors (Lipinski definition) is 3. The van der Waals surface area contributed by atoms with Crippen LogP contribution in [0.15, 0.2) is 66.7 Å². The Morgan fingerprint density at radius 2 is 1.56 bits per heavy atom. The first kappa shape index (κ1) is 40.7. The fourth-order valence-corrected chi connectivity index (χ4v) is 7.80. The molecule has 0 bridgehead atoms. The standard InChI is InChI=1S/C43H48FN5O8/c1-27(23-45-37(51)18-19-38(52)46-24-29-8-12-32(13-9-29)40(54)31-6-4-3-5-7-31)48(25-30-10-14-34(44)15-11-30)39(53)26-49-41(55)43(57-42(49)56)21-20-33-22-35(47-28(2)50)16-17-36(33)43/h8-17,22,27,31H,3-7,18-21,23-26H2,1-2H3,(H,45,51)(H,46,52)(H,47,50)/t27-,43+/m0/s1. The molecular weight excluding hydrogens is 733 g/mol. The number of amides is 6. The Kier molecular flexibility index (Phi) is 12.8. The topological polar surface area (TPSA) is 171 Å². The van der Waals surface area contributed by atoms with Crippen molar-refractivity contribution in [2.45, 2.75) is 96.4 Å². The SMILES string of the molecule is CC(=O)Nc1ccc2c(c1)CC[C@@]21OC(=O)N(CC(=O)N(Cc2ccc(F)cc2)[C@@H](C)CNC(=O)CCC(=O)NCc2ccc(C(=O)C3CCCCC3)cc2)C1=O. The van der Waals surface area contributed by atoms with Gasteiger partial charge in [-0.3, -0.25) is 28.8 Å². The van der Waals surface area contributed by atoms with Gasteiger partial charge in [0.05, 0.1) is 0 Å². The second-order valence-corrected chi connectivity index (χ2v) is 15.1. The number of ketones is 1. The summed E-state index contributed by atoms with van der Waals surface area (Å²) in [4.78, 5) is 92.9. The summed E-state index contributed by atoms with van der Waals surface area (Å²) in [5, 5.41) is 8.26. The summed E-state index contributed by atoms with van der Waals surface area (Å²) in [5.74, 6) is -2.48. The highest BCUT2D eigenvalue weighted by Gasteiger charge is 2.58. The van der Waals surface area contributed by atoms with E-state index in [2.05, 4.69) is 16.0 Å². The third kappa shape index (κ3) is 9.73. The van der Waals surface area contributed by atoms with Crippen molar-refractivity contribution in [3.05, 3.63) is 100 Å². The highest BCUT2D eigenvalue weighted by Crippen LogP contribution is 2.46. The minimum absolute atomic E-state index is 0.00828. The summed E-state index contributed by atoms with van der Waals surface area (Å²) in [7, 11) is 0. The molecule has 13 nitrogen and oxygen atoms in total. The summed E-state index contributed by atoms with van der Waals surface area (Å²) in [6.07, 6.45) is 4.64. The first-order valence-electron chi connectivity index (χ1n) is 19.5. The Bertz CT molecular complexity index is 2030. The number of Topliss-reactive ketones (excluding diaryl/α,β-unsaturated/α-hetero) is 1. The van der Waals surface area contributed by atoms with E-state index < -0.39 is 47.8 Å². The van der Waals surface area contributed by atoms with E-state index in [0.717, 1.165) is 41.7 Å². The fraction of sp³-hybridized carbons (Fsp3) is 0.419. The van der Waals surface area contributed by atoms with Crippen molar-refractivity contribution < 1.29 is 42.7 Å². The number of nitrogens with one attached hydrogen (secondary N) is 3. The zero-order valence-electron chi connectivity index (χ0n) is 32.2. The van der Waals surface area contributed by atoms with Gasteiger partial charge in [-0.2, -0.15) is 0 Å². The Balaban J connectivity index is 1.02. The van der Waals surface area contributed by atoms with Gasteiger partial charge in [-0.05, 0) is 67.1 Å². The Morgan fingerprint density at radius 1 is 0.895 bits per heavy atom. The quantitative estimate of drug-likeness (QED) is 0.175. The van der Waals surface area contributed by atoms with Crippen LogP contribution in [0, 0.1) is 11.7 Å². The van der Waals surface area contributed by atoms with Crippen LogP contribution in [-0.2, 0) is 53.8 Å². The molecule has 6 amide bonds. The molecule has 3 N–H and O–H groups in total. The van der Waals surface area contributed by atoms with Crippen molar-refractivity contribution in [3.63, 3.8) is 0 Å². The maximum Gasteiger partial charge on any atom is 0.418 e. The first-order valence-corrected chi connectivity index (χ1v) is 19.5. The van der Waals surface area contributed by atoms with Crippen LogP contribution in [0.1, 0.15) is 97.8 Å². The monoisotopic (exact) mass is 781 g/mol. The normalized spacial score (nSPS) is 18.1. The average Bonchev–Trinajstić information content (AvgIpc) is 3.68. The zero-order chi connectivity index (χ0) is 40.7. The highest BCUT2D eigenvalue weighted by molar-refractivity contribution is 6.06. The van der Waals surface area contributed by atoms with E-state index in [1.54, 1.807) is 37.3 Å². The number of fused-ring (bicyclic) bond motifs is 2. The Labute approximate surface area is 330 Å². The van der Waals surface area contributed by atoms with Gasteiger partial charge in [-0.25, -0.2) is 14.1 Å². The van der Waals surface area contributed by atoms with E-state index in [9.17, 15) is 38.0 Å². The number of carbonyl (C=O) groups excluding carboxylic acids is 7. The molecule has 1 heterocycles. The van der Waals surface area contributed by atoms with Gasteiger partial charge in [0.2, 0.25) is 29.2 Å². The molecule has 1 spiro atoms. The van der Waals surface area contributed by atoms with Crippen LogP contribution in [0.25, 0.3) is 0 Å². The van der Waals surface area contributed by atoms with E-state index >= 15 is 0 Å². The minimum atomic E-state index is -1.59. The maximum absolute atomic E-state index is 13.9. The third-order valence-electron chi connectivity index (χ3n) is 11.0. The van der Waals surface area contributed by atoms with Crippen LogP contribution in [0.2, 0.25) is 0 Å². The number of aryl methyl sites for hydroxylation is 1. The van der Waals surface area contributed by atoms with Crippen LogP contribution in [0.3, 0.4) is 0 Å². The molecule has 1 saturated carbocycles. The van der Waals surface area contributed by atoms with Crippen molar-refractivity contribution in [2.24, 2.45) is 5.92 Å². The fourth-order valence-electron chi connectivity index (χ4n) is 7.80. The van der Waals surface area contributed by atoms with Gasteiger partial charge in [-0.15, -0.1) is 0 Å². The molecule has 3 aromatic rings. The van der Waals surface area contributed by atoms with Crippen LogP contribution in [-0.4, -0.2) is 70.3 Å². The van der Waals surface area contributed by atoms with Gasteiger partial charge in [-0.1, -0.05) is 61.7 Å². The van der Waals surface area contributed by atoms with Crippen molar-refractivity contribution in [2.75, 3.05) is 18.4 Å². The smallest absolute Gasteiger partial charge is 0.418 e. The van der Waals surface area contributed by atoms with Crippen LogP contribution < -0.4 is 16.0 Å². The van der Waals surface area contributed by atoms with Crippen LogP contribution >= 0.6 is 0 Å². The number of benzene rings is 3. The van der Waals surface area contributed by atoms with E-state index in [0.29, 0.717) is 28.8 Å². The van der Waals surface area contributed by atoms with Crippen molar-refractivity contribution in [1.82, 2.24) is 20.4 Å². The van der Waals surface area contributed by atoms with Crippen molar-refractivity contribution >= 4 is 47.1 Å². The summed E-state index contributed by atoms with van der Waals surface area (Å²) in [6, 6.07) is 17.1. The lowest BCUT2D eigenvalue weighted by molar-refractivity contribution is -0.143. The van der Waals surface area contributed by atoms with Gasteiger partial charge >= 0.3 is 6.09 Å². The molecule has 14 heteroatoms. The number of hydrogen-bond acceptors (Lipinski definition) is 8. The number of ether oxygens (including phenoxy) is 1. The first-order chi connectivity index (χ1) is 27.3. The number of imide groups is 1. The number of rotatable bonds is 15. The molecule has 1 aliphatic heterocycles. The second kappa shape index (κ2) is 17.9. The highest BCUT2D eigenvalue weighted by atomic mass is 19.1. The molecule has 0 unspecified atom stereocenters. The van der Waals surface area contributed by atoms with Gasteiger partial charge in [0, 0.05) is 74.6 Å². The lowest BCUT2D eigenvalue weighted by Gasteiger charge is -2.31. The van der Waals surface area contributed by atoms with Gasteiger partial charge in [0.15, 0.2) is 5.78 Å². The van der Waals surface area contributed by atoms with E-state index in [1.807, 2.05) is 12.1 Å². The van der Waals surface area contributed by atoms with Crippen LogP contribution in [0.5, 0.6) is 0 Å². The van der Waals surface area contributed by atoms with E-state index in [-0.39, 0.29) is 62.4 Å². The average molecular weight is 782 g/mol. The molecule has 3 aromatic carbocycles. The predicted octanol–water partition coefficient (Wildman–Crippen LogP) is 5.30.